The zero-order valence-electron chi connectivity index (χ0n) is 16.1. The quantitative estimate of drug-likeness (QED) is 0.565. The SMILES string of the molecule is CCCCNC(=O)c1ccc2c(c1)/C(=C1\CN(C)c3ccccc3N1)C(=O)N2. The second-order valence-electron chi connectivity index (χ2n) is 7.18. The Labute approximate surface area is 164 Å². The van der Waals surface area contributed by atoms with E-state index in [0.717, 1.165) is 41.2 Å². The maximum Gasteiger partial charge on any atom is 0.258 e. The summed E-state index contributed by atoms with van der Waals surface area (Å²) in [5.41, 5.74) is 5.56. The molecule has 2 amide bonds. The first-order valence-corrected chi connectivity index (χ1v) is 9.62. The zero-order valence-corrected chi connectivity index (χ0v) is 16.1. The summed E-state index contributed by atoms with van der Waals surface area (Å²) in [6.45, 7) is 3.33. The summed E-state index contributed by atoms with van der Waals surface area (Å²) in [5.74, 6) is -0.257. The Morgan fingerprint density at radius 2 is 1.96 bits per heavy atom. The fourth-order valence-electron chi connectivity index (χ4n) is 3.67. The summed E-state index contributed by atoms with van der Waals surface area (Å²) < 4.78 is 0. The molecule has 4 rings (SSSR count). The van der Waals surface area contributed by atoms with E-state index in [0.29, 0.717) is 24.2 Å². The second kappa shape index (κ2) is 7.38. The normalized spacial score (nSPS) is 17.5. The van der Waals surface area contributed by atoms with Crippen LogP contribution in [-0.2, 0) is 4.79 Å². The molecule has 2 heterocycles. The van der Waals surface area contributed by atoms with Gasteiger partial charge in [-0.25, -0.2) is 0 Å². The molecule has 0 aliphatic carbocycles. The number of rotatable bonds is 4. The molecule has 144 valence electrons. The Morgan fingerprint density at radius 3 is 2.79 bits per heavy atom. The van der Waals surface area contributed by atoms with Crippen molar-refractivity contribution in [3.63, 3.8) is 0 Å². The van der Waals surface area contributed by atoms with Crippen molar-refractivity contribution >= 4 is 34.4 Å². The van der Waals surface area contributed by atoms with Gasteiger partial charge in [0, 0.05) is 36.1 Å². The molecule has 0 aromatic heterocycles. The van der Waals surface area contributed by atoms with Crippen LogP contribution in [0.15, 0.2) is 48.2 Å². The lowest BCUT2D eigenvalue weighted by molar-refractivity contribution is -0.110. The van der Waals surface area contributed by atoms with E-state index < -0.39 is 0 Å². The first kappa shape index (κ1) is 18.1. The lowest BCUT2D eigenvalue weighted by Gasteiger charge is -2.31. The van der Waals surface area contributed by atoms with Crippen LogP contribution >= 0.6 is 0 Å². The summed E-state index contributed by atoms with van der Waals surface area (Å²) in [6, 6.07) is 13.4. The van der Waals surface area contributed by atoms with Gasteiger partial charge in [-0.05, 0) is 36.8 Å². The van der Waals surface area contributed by atoms with Crippen molar-refractivity contribution in [2.24, 2.45) is 0 Å². The molecule has 2 aromatic carbocycles. The van der Waals surface area contributed by atoms with Gasteiger partial charge in [0.05, 0.1) is 23.5 Å². The van der Waals surface area contributed by atoms with Crippen LogP contribution in [0.3, 0.4) is 0 Å². The van der Waals surface area contributed by atoms with Gasteiger partial charge in [0.2, 0.25) is 0 Å². The molecular formula is C22H24N4O2. The van der Waals surface area contributed by atoms with Gasteiger partial charge in [0.15, 0.2) is 0 Å². The van der Waals surface area contributed by atoms with Crippen LogP contribution in [0.5, 0.6) is 0 Å². The molecule has 0 bridgehead atoms. The van der Waals surface area contributed by atoms with E-state index in [1.165, 1.54) is 0 Å². The topological polar surface area (TPSA) is 73.5 Å². The average molecular weight is 376 g/mol. The minimum absolute atomic E-state index is 0.112. The smallest absolute Gasteiger partial charge is 0.258 e. The number of carbonyl (C=O) groups is 2. The van der Waals surface area contributed by atoms with E-state index in [-0.39, 0.29) is 11.8 Å². The Kier molecular flexibility index (Phi) is 4.77. The van der Waals surface area contributed by atoms with Crippen molar-refractivity contribution < 1.29 is 9.59 Å². The van der Waals surface area contributed by atoms with E-state index in [9.17, 15) is 9.59 Å². The summed E-state index contributed by atoms with van der Waals surface area (Å²) in [5, 5.41) is 9.26. The van der Waals surface area contributed by atoms with Gasteiger partial charge >= 0.3 is 0 Å². The van der Waals surface area contributed by atoms with Crippen molar-refractivity contribution in [3.05, 3.63) is 59.3 Å². The number of unbranched alkanes of at least 4 members (excludes halogenated alkanes) is 1. The first-order valence-electron chi connectivity index (χ1n) is 9.62. The van der Waals surface area contributed by atoms with Crippen LogP contribution in [0.4, 0.5) is 17.1 Å². The lowest BCUT2D eigenvalue weighted by Crippen LogP contribution is -2.30. The molecule has 0 saturated heterocycles. The van der Waals surface area contributed by atoms with Crippen LogP contribution in [-0.4, -0.2) is 32.0 Å². The van der Waals surface area contributed by atoms with Crippen LogP contribution in [0.2, 0.25) is 0 Å². The third kappa shape index (κ3) is 3.22. The Bertz CT molecular complexity index is 980. The molecule has 2 aliphatic heterocycles. The van der Waals surface area contributed by atoms with Crippen molar-refractivity contribution in [3.8, 4) is 0 Å². The minimum Gasteiger partial charge on any atom is -0.367 e. The zero-order chi connectivity index (χ0) is 19.7. The maximum atomic E-state index is 12.7. The van der Waals surface area contributed by atoms with E-state index in [2.05, 4.69) is 27.8 Å². The molecule has 2 aliphatic rings. The molecule has 3 N–H and O–H groups in total. The Balaban J connectivity index is 1.70. The van der Waals surface area contributed by atoms with Crippen LogP contribution in [0, 0.1) is 0 Å². The monoisotopic (exact) mass is 376 g/mol. The molecule has 0 radical (unpaired) electrons. The molecular weight excluding hydrogens is 352 g/mol. The molecule has 0 atom stereocenters. The molecule has 28 heavy (non-hydrogen) atoms. The first-order chi connectivity index (χ1) is 13.6. The number of para-hydroxylation sites is 2. The molecule has 0 unspecified atom stereocenters. The highest BCUT2D eigenvalue weighted by Crippen LogP contribution is 2.38. The number of likely N-dealkylation sites (N-methyl/N-ethyl adjacent to an activating group) is 1. The van der Waals surface area contributed by atoms with Crippen LogP contribution in [0.1, 0.15) is 35.7 Å². The van der Waals surface area contributed by atoms with Gasteiger partial charge in [0.25, 0.3) is 11.8 Å². The maximum absolute atomic E-state index is 12.7. The highest BCUT2D eigenvalue weighted by atomic mass is 16.2. The van der Waals surface area contributed by atoms with Gasteiger partial charge < -0.3 is 20.9 Å². The van der Waals surface area contributed by atoms with E-state index in [1.807, 2.05) is 31.3 Å². The highest BCUT2D eigenvalue weighted by molar-refractivity contribution is 6.33. The van der Waals surface area contributed by atoms with Gasteiger partial charge in [-0.1, -0.05) is 25.5 Å². The minimum atomic E-state index is -0.145. The van der Waals surface area contributed by atoms with Crippen molar-refractivity contribution in [1.29, 1.82) is 0 Å². The number of nitrogens with one attached hydrogen (secondary N) is 3. The number of hydrogen-bond donors (Lipinski definition) is 3. The van der Waals surface area contributed by atoms with Gasteiger partial charge in [0.1, 0.15) is 0 Å². The van der Waals surface area contributed by atoms with Gasteiger partial charge in [-0.3, -0.25) is 9.59 Å². The lowest BCUT2D eigenvalue weighted by atomic mass is 10.00. The molecule has 6 heteroatoms. The summed E-state index contributed by atoms with van der Waals surface area (Å²) in [7, 11) is 2.01. The second-order valence-corrected chi connectivity index (χ2v) is 7.18. The number of amides is 2. The predicted octanol–water partition coefficient (Wildman–Crippen LogP) is 3.44. The van der Waals surface area contributed by atoms with Crippen molar-refractivity contribution in [2.45, 2.75) is 19.8 Å². The average Bonchev–Trinajstić information content (AvgIpc) is 3.03. The number of anilines is 3. The summed E-state index contributed by atoms with van der Waals surface area (Å²) in [6.07, 6.45) is 1.97. The standard InChI is InChI=1S/C22H24N4O2/c1-3-4-11-23-21(27)14-9-10-16-15(12-14)20(22(28)25-16)18-13-26(2)19-8-6-5-7-17(19)24-18/h5-10,12,24H,3-4,11,13H2,1-2H3,(H,23,27)(H,25,28)/b20-18-. The molecule has 6 nitrogen and oxygen atoms in total. The summed E-state index contributed by atoms with van der Waals surface area (Å²) >= 11 is 0. The number of benzene rings is 2. The van der Waals surface area contributed by atoms with E-state index in [4.69, 9.17) is 0 Å². The summed E-state index contributed by atoms with van der Waals surface area (Å²) in [4.78, 5) is 27.3. The van der Waals surface area contributed by atoms with E-state index >= 15 is 0 Å². The Morgan fingerprint density at radius 1 is 1.14 bits per heavy atom. The van der Waals surface area contributed by atoms with Gasteiger partial charge in [-0.2, -0.15) is 0 Å². The fourth-order valence-corrected chi connectivity index (χ4v) is 3.67. The molecule has 0 fully saturated rings. The third-order valence-corrected chi connectivity index (χ3v) is 5.14. The number of hydrogen-bond acceptors (Lipinski definition) is 4. The molecule has 2 aromatic rings. The van der Waals surface area contributed by atoms with E-state index in [1.54, 1.807) is 18.2 Å². The Hall–Kier alpha value is -3.28. The largest absolute Gasteiger partial charge is 0.367 e. The third-order valence-electron chi connectivity index (χ3n) is 5.14. The van der Waals surface area contributed by atoms with Crippen LogP contribution < -0.4 is 20.9 Å². The highest BCUT2D eigenvalue weighted by Gasteiger charge is 2.30. The van der Waals surface area contributed by atoms with Crippen LogP contribution in [0.25, 0.3) is 5.57 Å². The number of carbonyl (C=O) groups excluding carboxylic acids is 2. The van der Waals surface area contributed by atoms with Gasteiger partial charge in [-0.15, -0.1) is 0 Å². The number of nitrogens with zero attached hydrogens (tertiary/aromatic N) is 1. The molecule has 0 saturated carbocycles. The van der Waals surface area contributed by atoms with Crippen molar-refractivity contribution in [1.82, 2.24) is 5.32 Å². The number of fused-ring (bicyclic) bond motifs is 2. The predicted molar refractivity (Wildman–Crippen MR) is 113 cm³/mol. The van der Waals surface area contributed by atoms with Crippen molar-refractivity contribution in [2.75, 3.05) is 35.7 Å². The molecule has 0 spiro atoms. The fraction of sp³-hybridized carbons (Fsp3) is 0.273.